The van der Waals surface area contributed by atoms with Gasteiger partial charge in [-0.2, -0.15) is 0 Å². The molecule has 2 N–H and O–H groups in total. The lowest BCUT2D eigenvalue weighted by Gasteiger charge is -2.25. The molecule has 8 nitrogen and oxygen atoms in total. The van der Waals surface area contributed by atoms with Crippen molar-refractivity contribution in [2.45, 2.75) is 32.5 Å². The van der Waals surface area contributed by atoms with Gasteiger partial charge < -0.3 is 24.4 Å². The second-order valence-electron chi connectivity index (χ2n) is 9.54. The van der Waals surface area contributed by atoms with Gasteiger partial charge in [-0.3, -0.25) is 9.59 Å². The number of benzene rings is 3. The largest absolute Gasteiger partial charge is 0.508 e. The van der Waals surface area contributed by atoms with Crippen molar-refractivity contribution < 1.29 is 24.5 Å². The zero-order chi connectivity index (χ0) is 27.4. The van der Waals surface area contributed by atoms with Crippen molar-refractivity contribution in [3.8, 4) is 11.5 Å². The third-order valence-electron chi connectivity index (χ3n) is 6.72. The highest BCUT2D eigenvalue weighted by atomic mass is 16.5. The van der Waals surface area contributed by atoms with Gasteiger partial charge in [0.15, 0.2) is 0 Å². The fourth-order valence-corrected chi connectivity index (χ4v) is 4.83. The minimum absolute atomic E-state index is 0.00612. The molecule has 0 spiro atoms. The lowest BCUT2D eigenvalue weighted by atomic mass is 9.95. The number of likely N-dealkylation sites (tertiary alicyclic amines) is 1. The van der Waals surface area contributed by atoms with Crippen LogP contribution < -0.4 is 4.74 Å². The number of hydrogen-bond donors (Lipinski definition) is 2. The summed E-state index contributed by atoms with van der Waals surface area (Å²) in [6.07, 6.45) is 5.77. The average molecular weight is 524 g/mol. The van der Waals surface area contributed by atoms with Crippen molar-refractivity contribution in [1.82, 2.24) is 14.5 Å². The maximum atomic E-state index is 13.2. The first kappa shape index (κ1) is 25.8. The molecule has 0 unspecified atom stereocenters. The number of aryl methyl sites for hydroxylation is 2. The molecular weight excluding hydrogens is 494 g/mol. The van der Waals surface area contributed by atoms with Crippen LogP contribution in [-0.4, -0.2) is 42.9 Å². The number of ether oxygens (including phenoxy) is 1. The van der Waals surface area contributed by atoms with Crippen LogP contribution >= 0.6 is 0 Å². The highest BCUT2D eigenvalue weighted by Crippen LogP contribution is 2.40. The topological polar surface area (TPSA) is 105 Å². The van der Waals surface area contributed by atoms with E-state index in [0.29, 0.717) is 36.4 Å². The third-order valence-corrected chi connectivity index (χ3v) is 6.72. The van der Waals surface area contributed by atoms with Crippen molar-refractivity contribution in [1.29, 1.82) is 0 Å². The standard InChI is InChI=1S/C31H29N3O5/c1-21-5-2-6-22(17-21)19-39-26-11-9-23(10-12-26)29(36)27-28(24-7-3-8-25(35)18-24)34(31(38)30(27)37)15-4-14-33-16-13-32-20-33/h2-3,5-13,16-18,20,28,35-36H,4,14-15,19H2,1H3/t28-/m0/s1. The Labute approximate surface area is 226 Å². The van der Waals surface area contributed by atoms with Crippen LogP contribution in [0, 0.1) is 6.92 Å². The van der Waals surface area contributed by atoms with E-state index in [-0.39, 0.29) is 23.6 Å². The molecule has 1 fully saturated rings. The number of aromatic hydroxyl groups is 1. The number of aromatic nitrogens is 2. The Morgan fingerprint density at radius 2 is 1.79 bits per heavy atom. The van der Waals surface area contributed by atoms with Crippen LogP contribution in [0.25, 0.3) is 5.76 Å². The Morgan fingerprint density at radius 3 is 2.51 bits per heavy atom. The normalized spacial score (nSPS) is 16.5. The molecule has 0 bridgehead atoms. The van der Waals surface area contributed by atoms with Crippen LogP contribution in [0.2, 0.25) is 0 Å². The summed E-state index contributed by atoms with van der Waals surface area (Å²) in [5, 5.41) is 21.4. The van der Waals surface area contributed by atoms with Crippen molar-refractivity contribution >= 4 is 17.4 Å². The number of amides is 1. The number of phenols is 1. The highest BCUT2D eigenvalue weighted by molar-refractivity contribution is 6.46. The Balaban J connectivity index is 1.41. The van der Waals surface area contributed by atoms with E-state index in [1.807, 2.05) is 35.9 Å². The van der Waals surface area contributed by atoms with Gasteiger partial charge in [0.25, 0.3) is 11.7 Å². The molecule has 4 aromatic rings. The van der Waals surface area contributed by atoms with Gasteiger partial charge in [-0.1, -0.05) is 42.0 Å². The molecule has 1 atom stereocenters. The average Bonchev–Trinajstić information content (AvgIpc) is 3.54. The van der Waals surface area contributed by atoms with Crippen molar-refractivity contribution in [3.05, 3.63) is 119 Å². The number of imidazole rings is 1. The van der Waals surface area contributed by atoms with E-state index in [1.165, 1.54) is 17.0 Å². The SMILES string of the molecule is Cc1cccc(COc2ccc(C(O)=C3C(=O)C(=O)N(CCCn4ccnc4)[C@H]3c3cccc(O)c3)cc2)c1. The second-order valence-corrected chi connectivity index (χ2v) is 9.54. The summed E-state index contributed by atoms with van der Waals surface area (Å²) in [5.41, 5.74) is 3.11. The minimum Gasteiger partial charge on any atom is -0.508 e. The molecule has 1 saturated heterocycles. The fourth-order valence-electron chi connectivity index (χ4n) is 4.83. The van der Waals surface area contributed by atoms with Gasteiger partial charge in [-0.15, -0.1) is 0 Å². The number of carbonyl (C=O) groups is 2. The summed E-state index contributed by atoms with van der Waals surface area (Å²) in [7, 11) is 0. The van der Waals surface area contributed by atoms with Gasteiger partial charge in [-0.05, 0) is 60.9 Å². The lowest BCUT2D eigenvalue weighted by molar-refractivity contribution is -0.139. The van der Waals surface area contributed by atoms with E-state index < -0.39 is 17.7 Å². The van der Waals surface area contributed by atoms with Crippen LogP contribution in [0.5, 0.6) is 11.5 Å². The smallest absolute Gasteiger partial charge is 0.295 e. The number of aliphatic hydroxyl groups is 1. The predicted molar refractivity (Wildman–Crippen MR) is 146 cm³/mol. The molecule has 0 aliphatic carbocycles. The van der Waals surface area contributed by atoms with E-state index in [1.54, 1.807) is 48.9 Å². The number of rotatable bonds is 9. The Bertz CT molecular complexity index is 1510. The lowest BCUT2D eigenvalue weighted by Crippen LogP contribution is -2.31. The van der Waals surface area contributed by atoms with Crippen molar-refractivity contribution in [2.24, 2.45) is 0 Å². The van der Waals surface area contributed by atoms with Crippen LogP contribution in [0.3, 0.4) is 0 Å². The molecule has 1 amide bonds. The zero-order valence-corrected chi connectivity index (χ0v) is 21.5. The van der Waals surface area contributed by atoms with E-state index in [4.69, 9.17) is 4.74 Å². The first-order valence-electron chi connectivity index (χ1n) is 12.7. The number of ketones is 1. The summed E-state index contributed by atoms with van der Waals surface area (Å²) in [6, 6.07) is 20.4. The molecule has 1 aromatic heterocycles. The van der Waals surface area contributed by atoms with Gasteiger partial charge in [0, 0.05) is 31.0 Å². The van der Waals surface area contributed by atoms with Crippen LogP contribution in [0.4, 0.5) is 0 Å². The monoisotopic (exact) mass is 523 g/mol. The number of hydrogen-bond acceptors (Lipinski definition) is 6. The van der Waals surface area contributed by atoms with Crippen LogP contribution in [0.1, 0.15) is 34.7 Å². The fraction of sp³-hybridized carbons (Fsp3) is 0.194. The van der Waals surface area contributed by atoms with Gasteiger partial charge in [0.05, 0.1) is 17.9 Å². The maximum absolute atomic E-state index is 13.2. The van der Waals surface area contributed by atoms with E-state index in [2.05, 4.69) is 11.1 Å². The van der Waals surface area contributed by atoms with Crippen molar-refractivity contribution in [3.63, 3.8) is 0 Å². The molecule has 8 heteroatoms. The Kier molecular flexibility index (Phi) is 7.45. The summed E-state index contributed by atoms with van der Waals surface area (Å²) in [4.78, 5) is 31.9. The van der Waals surface area contributed by atoms with Gasteiger partial charge in [-0.25, -0.2) is 4.98 Å². The van der Waals surface area contributed by atoms with E-state index in [0.717, 1.165) is 11.1 Å². The molecule has 3 aromatic carbocycles. The van der Waals surface area contributed by atoms with Crippen molar-refractivity contribution in [2.75, 3.05) is 6.54 Å². The molecule has 1 aliphatic heterocycles. The van der Waals surface area contributed by atoms with Crippen LogP contribution in [-0.2, 0) is 22.7 Å². The summed E-state index contributed by atoms with van der Waals surface area (Å²) in [5.74, 6) is -1.11. The molecule has 2 heterocycles. The summed E-state index contributed by atoms with van der Waals surface area (Å²) >= 11 is 0. The molecule has 39 heavy (non-hydrogen) atoms. The molecule has 1 aliphatic rings. The molecule has 0 saturated carbocycles. The van der Waals surface area contributed by atoms with E-state index >= 15 is 0 Å². The number of phenolic OH excluding ortho intramolecular Hbond substituents is 1. The van der Waals surface area contributed by atoms with Gasteiger partial charge in [0.2, 0.25) is 0 Å². The molecular formula is C31H29N3O5. The second kappa shape index (κ2) is 11.3. The minimum atomic E-state index is -0.836. The first-order chi connectivity index (χ1) is 18.9. The molecule has 0 radical (unpaired) electrons. The van der Waals surface area contributed by atoms with E-state index in [9.17, 15) is 19.8 Å². The van der Waals surface area contributed by atoms with Gasteiger partial charge >= 0.3 is 0 Å². The summed E-state index contributed by atoms with van der Waals surface area (Å²) in [6.45, 7) is 3.31. The molecule has 5 rings (SSSR count). The quantitative estimate of drug-likeness (QED) is 0.182. The Hall–Kier alpha value is -4.85. The third kappa shape index (κ3) is 5.70. The number of nitrogens with zero attached hydrogens (tertiary/aromatic N) is 3. The van der Waals surface area contributed by atoms with Gasteiger partial charge in [0.1, 0.15) is 23.9 Å². The maximum Gasteiger partial charge on any atom is 0.295 e. The number of Topliss-reactive ketones (excluding diaryl/α,β-unsaturated/α-hetero) is 1. The highest BCUT2D eigenvalue weighted by Gasteiger charge is 2.45. The Morgan fingerprint density at radius 1 is 1.00 bits per heavy atom. The molecule has 198 valence electrons. The summed E-state index contributed by atoms with van der Waals surface area (Å²) < 4.78 is 7.77. The van der Waals surface area contributed by atoms with Crippen LogP contribution in [0.15, 0.2) is 97.1 Å². The predicted octanol–water partition coefficient (Wildman–Crippen LogP) is 4.99. The number of aliphatic hydroxyl groups excluding tert-OH is 1. The zero-order valence-electron chi connectivity index (χ0n) is 21.5. The number of carbonyl (C=O) groups excluding carboxylic acids is 2. The first-order valence-corrected chi connectivity index (χ1v) is 12.7.